The van der Waals surface area contributed by atoms with E-state index in [9.17, 15) is 4.79 Å². The van der Waals surface area contributed by atoms with E-state index in [1.807, 2.05) is 48.8 Å². The van der Waals surface area contributed by atoms with Crippen molar-refractivity contribution in [3.63, 3.8) is 0 Å². The number of hydrogen-bond acceptors (Lipinski definition) is 6. The predicted molar refractivity (Wildman–Crippen MR) is 109 cm³/mol. The summed E-state index contributed by atoms with van der Waals surface area (Å²) in [4.78, 5) is 24.7. The van der Waals surface area contributed by atoms with E-state index >= 15 is 0 Å². The van der Waals surface area contributed by atoms with Gasteiger partial charge >= 0.3 is 0 Å². The highest BCUT2D eigenvalue weighted by Gasteiger charge is 2.27. The molecule has 144 valence electrons. The molecule has 3 aromatic rings. The van der Waals surface area contributed by atoms with Gasteiger partial charge in [0.2, 0.25) is 0 Å². The Bertz CT molecular complexity index is 971. The summed E-state index contributed by atoms with van der Waals surface area (Å²) in [5, 5.41) is 0. The number of primary amides is 1. The van der Waals surface area contributed by atoms with Gasteiger partial charge in [0.15, 0.2) is 5.82 Å². The maximum Gasteiger partial charge on any atom is 0.258 e. The third-order valence-corrected chi connectivity index (χ3v) is 6.20. The quantitative estimate of drug-likeness (QED) is 0.690. The van der Waals surface area contributed by atoms with E-state index in [0.29, 0.717) is 16.7 Å². The van der Waals surface area contributed by atoms with Gasteiger partial charge in [-0.1, -0.05) is 12.1 Å². The first-order valence-electron chi connectivity index (χ1n) is 9.23. The van der Waals surface area contributed by atoms with Crippen LogP contribution in [0, 0.1) is 0 Å². The van der Waals surface area contributed by atoms with Gasteiger partial charge in [-0.25, -0.2) is 9.97 Å². The van der Waals surface area contributed by atoms with E-state index in [0.717, 1.165) is 42.8 Å². The lowest BCUT2D eigenvalue weighted by Crippen LogP contribution is -2.22. The molecule has 1 amide bonds. The van der Waals surface area contributed by atoms with Crippen molar-refractivity contribution in [3.8, 4) is 17.1 Å². The molecule has 0 aliphatic carbocycles. The van der Waals surface area contributed by atoms with Crippen molar-refractivity contribution in [1.29, 1.82) is 0 Å². The number of para-hydroxylation sites is 1. The third kappa shape index (κ3) is 3.76. The van der Waals surface area contributed by atoms with Crippen LogP contribution in [-0.2, 0) is 6.54 Å². The molecule has 1 aromatic carbocycles. The number of aromatic nitrogens is 2. The molecule has 3 heterocycles. The van der Waals surface area contributed by atoms with Crippen LogP contribution in [0.5, 0.6) is 5.75 Å². The Hall–Kier alpha value is -2.77. The second-order valence-electron chi connectivity index (χ2n) is 6.81. The Morgan fingerprint density at radius 1 is 1.25 bits per heavy atom. The molecule has 1 fully saturated rings. The summed E-state index contributed by atoms with van der Waals surface area (Å²) in [6.07, 6.45) is 5.98. The molecule has 7 heteroatoms. The number of methoxy groups -OCH3 is 1. The molecular weight excluding hydrogens is 372 g/mol. The monoisotopic (exact) mass is 394 g/mol. The van der Waals surface area contributed by atoms with E-state index in [-0.39, 0.29) is 5.91 Å². The average Bonchev–Trinajstić information content (AvgIpc) is 3.38. The summed E-state index contributed by atoms with van der Waals surface area (Å²) in [5.41, 5.74) is 7.35. The maximum absolute atomic E-state index is 11.4. The Morgan fingerprint density at radius 2 is 2.04 bits per heavy atom. The lowest BCUT2D eigenvalue weighted by Gasteiger charge is -2.23. The minimum absolute atomic E-state index is 0.312. The predicted octanol–water partition coefficient (Wildman–Crippen LogP) is 3.65. The number of nitrogens with zero attached hydrogens (tertiary/aromatic N) is 3. The van der Waals surface area contributed by atoms with Crippen LogP contribution in [0.25, 0.3) is 11.4 Å². The highest BCUT2D eigenvalue weighted by atomic mass is 32.1. The van der Waals surface area contributed by atoms with E-state index in [4.69, 9.17) is 10.5 Å². The van der Waals surface area contributed by atoms with Crippen molar-refractivity contribution in [1.82, 2.24) is 14.9 Å². The molecule has 0 radical (unpaired) electrons. The molecule has 1 saturated heterocycles. The van der Waals surface area contributed by atoms with E-state index in [2.05, 4.69) is 14.9 Å². The zero-order valence-corrected chi connectivity index (χ0v) is 16.5. The topological polar surface area (TPSA) is 81.3 Å². The number of thiophene rings is 1. The number of nitrogens with two attached hydrogens (primary N) is 1. The number of carbonyl (C=O) groups is 1. The Labute approximate surface area is 168 Å². The molecule has 1 unspecified atom stereocenters. The summed E-state index contributed by atoms with van der Waals surface area (Å²) >= 11 is 1.50. The Balaban J connectivity index is 1.49. The van der Waals surface area contributed by atoms with Crippen molar-refractivity contribution < 1.29 is 9.53 Å². The van der Waals surface area contributed by atoms with Gasteiger partial charge in [-0.15, -0.1) is 11.3 Å². The van der Waals surface area contributed by atoms with Gasteiger partial charge in [0.1, 0.15) is 5.75 Å². The van der Waals surface area contributed by atoms with E-state index in [1.165, 1.54) is 16.2 Å². The molecule has 6 nitrogen and oxygen atoms in total. The van der Waals surface area contributed by atoms with Crippen LogP contribution in [0.4, 0.5) is 0 Å². The Morgan fingerprint density at radius 3 is 2.75 bits per heavy atom. The summed E-state index contributed by atoms with van der Waals surface area (Å²) in [7, 11) is 1.65. The first-order valence-corrected chi connectivity index (χ1v) is 10.1. The van der Waals surface area contributed by atoms with Crippen LogP contribution in [0.3, 0.4) is 0 Å². The molecule has 0 bridgehead atoms. The molecule has 0 spiro atoms. The second-order valence-corrected chi connectivity index (χ2v) is 7.93. The van der Waals surface area contributed by atoms with Crippen LogP contribution < -0.4 is 10.5 Å². The minimum atomic E-state index is -0.360. The van der Waals surface area contributed by atoms with Crippen LogP contribution >= 0.6 is 11.3 Å². The lowest BCUT2D eigenvalue weighted by atomic mass is 10.1. The number of hydrogen-bond donors (Lipinski definition) is 1. The molecule has 0 saturated carbocycles. The van der Waals surface area contributed by atoms with Crippen LogP contribution in [0.2, 0.25) is 0 Å². The van der Waals surface area contributed by atoms with Gasteiger partial charge in [0, 0.05) is 35.4 Å². The van der Waals surface area contributed by atoms with Crippen LogP contribution in [0.15, 0.2) is 48.8 Å². The van der Waals surface area contributed by atoms with Crippen molar-refractivity contribution in [2.45, 2.75) is 25.4 Å². The van der Waals surface area contributed by atoms with Gasteiger partial charge in [-0.2, -0.15) is 0 Å². The lowest BCUT2D eigenvalue weighted by molar-refractivity contribution is 0.100. The summed E-state index contributed by atoms with van der Waals surface area (Å²) in [5.74, 6) is 1.06. The first-order chi connectivity index (χ1) is 13.7. The largest absolute Gasteiger partial charge is 0.496 e. The number of amides is 1. The maximum atomic E-state index is 11.4. The van der Waals surface area contributed by atoms with Crippen molar-refractivity contribution in [3.05, 3.63) is 64.1 Å². The molecule has 2 aromatic heterocycles. The van der Waals surface area contributed by atoms with E-state index in [1.54, 1.807) is 7.11 Å². The molecule has 4 rings (SSSR count). The molecule has 28 heavy (non-hydrogen) atoms. The number of ether oxygens (including phenoxy) is 1. The second kappa shape index (κ2) is 8.08. The SMILES string of the molecule is COc1ccccc1-c1ncc(CN2CCCC2c2ccc(C(N)=O)s2)cn1. The summed E-state index contributed by atoms with van der Waals surface area (Å²) < 4.78 is 5.40. The minimum Gasteiger partial charge on any atom is -0.496 e. The van der Waals surface area contributed by atoms with Gasteiger partial charge in [-0.05, 0) is 43.7 Å². The summed E-state index contributed by atoms with van der Waals surface area (Å²) in [6, 6.07) is 11.9. The normalized spacial score (nSPS) is 17.0. The van der Waals surface area contributed by atoms with Gasteiger partial charge in [0.05, 0.1) is 17.6 Å². The fourth-order valence-corrected chi connectivity index (χ4v) is 4.67. The van der Waals surface area contributed by atoms with Crippen molar-refractivity contribution >= 4 is 17.2 Å². The molecule has 1 aliphatic rings. The van der Waals surface area contributed by atoms with Crippen LogP contribution in [-0.4, -0.2) is 34.4 Å². The Kier molecular flexibility index (Phi) is 5.36. The zero-order chi connectivity index (χ0) is 19.5. The number of benzene rings is 1. The fourth-order valence-electron chi connectivity index (χ4n) is 3.64. The zero-order valence-electron chi connectivity index (χ0n) is 15.7. The molecular formula is C21H22N4O2S. The molecule has 1 aliphatic heterocycles. The number of carbonyl (C=O) groups excluding carboxylic acids is 1. The standard InChI is InChI=1S/C21H22N4O2S/c1-27-17-7-3-2-5-15(17)21-23-11-14(12-24-21)13-25-10-4-6-16(25)18-8-9-19(28-18)20(22)26/h2-3,5,7-9,11-12,16H,4,6,10,13H2,1H3,(H2,22,26). The number of rotatable bonds is 6. The number of likely N-dealkylation sites (tertiary alicyclic amines) is 1. The highest BCUT2D eigenvalue weighted by Crippen LogP contribution is 2.36. The van der Waals surface area contributed by atoms with Gasteiger partial charge in [0.25, 0.3) is 5.91 Å². The van der Waals surface area contributed by atoms with Gasteiger partial charge < -0.3 is 10.5 Å². The smallest absolute Gasteiger partial charge is 0.258 e. The first kappa shape index (κ1) is 18.6. The van der Waals surface area contributed by atoms with E-state index < -0.39 is 0 Å². The highest BCUT2D eigenvalue weighted by molar-refractivity contribution is 7.14. The van der Waals surface area contributed by atoms with Gasteiger partial charge in [-0.3, -0.25) is 9.69 Å². The summed E-state index contributed by atoms with van der Waals surface area (Å²) in [6.45, 7) is 1.80. The van der Waals surface area contributed by atoms with Crippen LogP contribution in [0.1, 0.15) is 39.0 Å². The molecule has 2 N–H and O–H groups in total. The fraction of sp³-hybridized carbons (Fsp3) is 0.286. The van der Waals surface area contributed by atoms with Crippen molar-refractivity contribution in [2.24, 2.45) is 5.73 Å². The average molecular weight is 395 g/mol. The third-order valence-electron chi connectivity index (χ3n) is 5.00. The van der Waals surface area contributed by atoms with Crippen molar-refractivity contribution in [2.75, 3.05) is 13.7 Å². The molecule has 1 atom stereocenters.